The van der Waals surface area contributed by atoms with Gasteiger partial charge in [0.15, 0.2) is 6.10 Å². The van der Waals surface area contributed by atoms with Crippen LogP contribution in [0.5, 0.6) is 0 Å². The zero-order valence-corrected chi connectivity index (χ0v) is 45.5. The van der Waals surface area contributed by atoms with Crippen LogP contribution in [0.15, 0.2) is 109 Å². The van der Waals surface area contributed by atoms with E-state index in [1.54, 1.807) is 0 Å². The van der Waals surface area contributed by atoms with Gasteiger partial charge in [0.1, 0.15) is 13.2 Å². The van der Waals surface area contributed by atoms with Gasteiger partial charge in [0.05, 0.1) is 0 Å². The zero-order chi connectivity index (χ0) is 50.7. The van der Waals surface area contributed by atoms with Crippen LogP contribution in [0.1, 0.15) is 258 Å². The molecule has 6 heteroatoms. The van der Waals surface area contributed by atoms with Crippen molar-refractivity contribution in [2.24, 2.45) is 0 Å². The van der Waals surface area contributed by atoms with Gasteiger partial charge in [0.2, 0.25) is 0 Å². The summed E-state index contributed by atoms with van der Waals surface area (Å²) in [6.07, 6.45) is 78.2. The van der Waals surface area contributed by atoms with E-state index in [0.29, 0.717) is 19.3 Å². The first-order valence-corrected chi connectivity index (χ1v) is 28.9. The maximum atomic E-state index is 12.8. The van der Waals surface area contributed by atoms with Crippen molar-refractivity contribution in [3.8, 4) is 0 Å². The van der Waals surface area contributed by atoms with Crippen LogP contribution < -0.4 is 0 Å². The van der Waals surface area contributed by atoms with Gasteiger partial charge >= 0.3 is 17.9 Å². The zero-order valence-electron chi connectivity index (χ0n) is 45.5. The lowest BCUT2D eigenvalue weighted by Gasteiger charge is -2.18. The topological polar surface area (TPSA) is 78.9 Å². The summed E-state index contributed by atoms with van der Waals surface area (Å²) in [5.41, 5.74) is 0. The normalized spacial score (nSPS) is 12.9. The molecule has 0 N–H and O–H groups in total. The molecule has 0 aliphatic carbocycles. The molecule has 6 nitrogen and oxygen atoms in total. The molecule has 1 atom stereocenters. The van der Waals surface area contributed by atoms with Crippen LogP contribution >= 0.6 is 0 Å². The highest BCUT2D eigenvalue weighted by molar-refractivity contribution is 5.71. The molecule has 0 aromatic heterocycles. The van der Waals surface area contributed by atoms with Gasteiger partial charge in [-0.3, -0.25) is 14.4 Å². The average molecular weight is 972 g/mol. The van der Waals surface area contributed by atoms with Crippen molar-refractivity contribution in [2.45, 2.75) is 264 Å². The summed E-state index contributed by atoms with van der Waals surface area (Å²) in [6.45, 7) is 6.33. The SMILES string of the molecule is CC/C=C\C/C=C\C/C=C\C/C=C\C/C=C\CCCCCC(=O)OC(COC(=O)CC/C=C\C/C=C\C/C=C\C/C=C\CC)COC(=O)CCCCCCCCCCCCCCCCCCCCCC. The Morgan fingerprint density at radius 2 is 0.586 bits per heavy atom. The van der Waals surface area contributed by atoms with Gasteiger partial charge in [-0.05, 0) is 89.9 Å². The van der Waals surface area contributed by atoms with Crippen molar-refractivity contribution < 1.29 is 28.6 Å². The number of ether oxygens (including phenoxy) is 3. The van der Waals surface area contributed by atoms with E-state index >= 15 is 0 Å². The molecule has 0 radical (unpaired) electrons. The quantitative estimate of drug-likeness (QED) is 0.0262. The minimum absolute atomic E-state index is 0.113. The molecule has 0 amide bonds. The Morgan fingerprint density at radius 1 is 0.300 bits per heavy atom. The molecular formula is C64H106O6. The highest BCUT2D eigenvalue weighted by atomic mass is 16.6. The number of hydrogen-bond acceptors (Lipinski definition) is 6. The molecular weight excluding hydrogens is 865 g/mol. The second-order valence-corrected chi connectivity index (χ2v) is 18.8. The first-order valence-electron chi connectivity index (χ1n) is 28.9. The molecule has 0 aromatic rings. The molecule has 0 rings (SSSR count). The summed E-state index contributed by atoms with van der Waals surface area (Å²) in [5.74, 6) is -1.03. The summed E-state index contributed by atoms with van der Waals surface area (Å²) < 4.78 is 16.8. The smallest absolute Gasteiger partial charge is 0.306 e. The molecule has 0 spiro atoms. The van der Waals surface area contributed by atoms with Crippen molar-refractivity contribution >= 4 is 17.9 Å². The number of carbonyl (C=O) groups excluding carboxylic acids is 3. The van der Waals surface area contributed by atoms with Crippen molar-refractivity contribution in [1.29, 1.82) is 0 Å². The maximum absolute atomic E-state index is 12.8. The Hall–Kier alpha value is -3.93. The van der Waals surface area contributed by atoms with Gasteiger partial charge in [-0.2, -0.15) is 0 Å². The van der Waals surface area contributed by atoms with Crippen molar-refractivity contribution in [3.63, 3.8) is 0 Å². The van der Waals surface area contributed by atoms with Gasteiger partial charge < -0.3 is 14.2 Å². The van der Waals surface area contributed by atoms with Gasteiger partial charge in [-0.15, -0.1) is 0 Å². The first kappa shape index (κ1) is 66.1. The number of allylic oxidation sites excluding steroid dienone is 18. The van der Waals surface area contributed by atoms with E-state index in [-0.39, 0.29) is 44.0 Å². The monoisotopic (exact) mass is 971 g/mol. The van der Waals surface area contributed by atoms with Gasteiger partial charge in [0, 0.05) is 19.3 Å². The van der Waals surface area contributed by atoms with Crippen LogP contribution in [0, 0.1) is 0 Å². The van der Waals surface area contributed by atoms with Crippen LogP contribution in [-0.4, -0.2) is 37.2 Å². The molecule has 0 aromatic carbocycles. The lowest BCUT2D eigenvalue weighted by molar-refractivity contribution is -0.166. The van der Waals surface area contributed by atoms with Crippen LogP contribution in [-0.2, 0) is 28.6 Å². The van der Waals surface area contributed by atoms with E-state index < -0.39 is 6.10 Å². The van der Waals surface area contributed by atoms with E-state index in [9.17, 15) is 14.4 Å². The van der Waals surface area contributed by atoms with Gasteiger partial charge in [-0.25, -0.2) is 0 Å². The number of unbranched alkanes of at least 4 members (excludes halogenated alkanes) is 22. The summed E-state index contributed by atoms with van der Waals surface area (Å²) in [7, 11) is 0. The molecule has 0 heterocycles. The predicted molar refractivity (Wildman–Crippen MR) is 302 cm³/mol. The van der Waals surface area contributed by atoms with Crippen LogP contribution in [0.3, 0.4) is 0 Å². The number of rotatable bonds is 51. The second kappa shape index (κ2) is 57.6. The van der Waals surface area contributed by atoms with E-state index in [1.165, 1.54) is 109 Å². The fourth-order valence-electron chi connectivity index (χ4n) is 7.78. The summed E-state index contributed by atoms with van der Waals surface area (Å²) in [6, 6.07) is 0. The van der Waals surface area contributed by atoms with Crippen molar-refractivity contribution in [1.82, 2.24) is 0 Å². The first-order chi connectivity index (χ1) is 34.5. The Kier molecular flexibility index (Phi) is 54.4. The maximum Gasteiger partial charge on any atom is 0.306 e. The van der Waals surface area contributed by atoms with E-state index in [0.717, 1.165) is 96.3 Å². The molecule has 0 aliphatic heterocycles. The molecule has 1 unspecified atom stereocenters. The Balaban J connectivity index is 4.46. The summed E-state index contributed by atoms with van der Waals surface area (Å²) in [4.78, 5) is 38.1. The van der Waals surface area contributed by atoms with E-state index in [4.69, 9.17) is 14.2 Å². The third kappa shape index (κ3) is 55.0. The Labute approximate surface area is 431 Å². The Bertz CT molecular complexity index is 1440. The third-order valence-corrected chi connectivity index (χ3v) is 12.0. The molecule has 0 fully saturated rings. The van der Waals surface area contributed by atoms with E-state index in [2.05, 4.69) is 118 Å². The number of esters is 3. The van der Waals surface area contributed by atoms with Crippen LogP contribution in [0.2, 0.25) is 0 Å². The number of carbonyl (C=O) groups is 3. The second-order valence-electron chi connectivity index (χ2n) is 18.8. The van der Waals surface area contributed by atoms with Crippen LogP contribution in [0.4, 0.5) is 0 Å². The molecule has 0 saturated carbocycles. The third-order valence-electron chi connectivity index (χ3n) is 12.0. The van der Waals surface area contributed by atoms with Crippen molar-refractivity contribution in [3.05, 3.63) is 109 Å². The standard InChI is InChI=1S/C64H106O6/c1-4-7-10-13-16-19-22-25-27-29-31-33-34-36-39-42-45-48-51-54-57-63(66)69-60-61(59-68-62(65)56-53-50-47-44-41-38-24-21-18-15-12-9-6-3)70-64(67)58-55-52-49-46-43-40-37-35-32-30-28-26-23-20-17-14-11-8-5-2/h8-9,11-12,17-18,20-21,26,28,32,35,38,40-41,43,47,50,61H,4-7,10,13-16,19,22-25,27,29-31,33-34,36-37,39,42,44-46,48-49,51-60H2,1-3H3/b11-8-,12-9-,20-17-,21-18-,28-26-,35-32-,41-38-,43-40-,50-47-. The van der Waals surface area contributed by atoms with Gasteiger partial charge in [-0.1, -0.05) is 259 Å². The van der Waals surface area contributed by atoms with Crippen LogP contribution in [0.25, 0.3) is 0 Å². The summed E-state index contributed by atoms with van der Waals surface area (Å²) in [5, 5.41) is 0. The highest BCUT2D eigenvalue weighted by Crippen LogP contribution is 2.16. The molecule has 70 heavy (non-hydrogen) atoms. The number of hydrogen-bond donors (Lipinski definition) is 0. The minimum Gasteiger partial charge on any atom is -0.462 e. The van der Waals surface area contributed by atoms with Gasteiger partial charge in [0.25, 0.3) is 0 Å². The average Bonchev–Trinajstić information content (AvgIpc) is 3.36. The van der Waals surface area contributed by atoms with E-state index in [1.807, 2.05) is 12.2 Å². The predicted octanol–water partition coefficient (Wildman–Crippen LogP) is 19.5. The lowest BCUT2D eigenvalue weighted by atomic mass is 10.0. The summed E-state index contributed by atoms with van der Waals surface area (Å²) >= 11 is 0. The fraction of sp³-hybridized carbons (Fsp3) is 0.672. The minimum atomic E-state index is -0.825. The molecule has 0 aliphatic rings. The highest BCUT2D eigenvalue weighted by Gasteiger charge is 2.19. The molecule has 0 saturated heterocycles. The lowest BCUT2D eigenvalue weighted by Crippen LogP contribution is -2.30. The molecule has 398 valence electrons. The Morgan fingerprint density at radius 3 is 0.957 bits per heavy atom. The fourth-order valence-corrected chi connectivity index (χ4v) is 7.78. The largest absolute Gasteiger partial charge is 0.462 e. The molecule has 0 bridgehead atoms. The van der Waals surface area contributed by atoms with Crippen molar-refractivity contribution in [2.75, 3.05) is 13.2 Å².